The van der Waals surface area contributed by atoms with Crippen LogP contribution in [0, 0.1) is 0 Å². The van der Waals surface area contributed by atoms with Gasteiger partial charge in [0.25, 0.3) is 0 Å². The molecule has 0 radical (unpaired) electrons. The van der Waals surface area contributed by atoms with Crippen molar-refractivity contribution in [1.29, 1.82) is 0 Å². The normalized spacial score (nSPS) is 22.4. The highest BCUT2D eigenvalue weighted by Gasteiger charge is 2.36. The molecule has 1 saturated heterocycles. The fraction of sp³-hybridized carbons (Fsp3) is 0.778. The molecule has 1 aliphatic heterocycles. The van der Waals surface area contributed by atoms with Gasteiger partial charge in [0, 0.05) is 12.6 Å². The van der Waals surface area contributed by atoms with Crippen molar-refractivity contribution in [3.8, 4) is 0 Å². The largest absolute Gasteiger partial charge is 0.368 e. The molecule has 1 fully saturated rings. The number of nitrogens with two attached hydrogens (primary N) is 1. The summed E-state index contributed by atoms with van der Waals surface area (Å²) in [5.41, 5.74) is 5.13. The summed E-state index contributed by atoms with van der Waals surface area (Å²) in [7, 11) is 0. The second-order valence-electron chi connectivity index (χ2n) is 3.66. The molecule has 0 spiro atoms. The zero-order valence-corrected chi connectivity index (χ0v) is 8.62. The number of nitrogens with zero attached hydrogens (tertiary/aromatic N) is 1. The first-order chi connectivity index (χ1) is 6.56. The van der Waals surface area contributed by atoms with Crippen LogP contribution in [0.2, 0.25) is 0 Å². The minimum absolute atomic E-state index is 0.136. The lowest BCUT2D eigenvalue weighted by Gasteiger charge is -2.39. The van der Waals surface area contributed by atoms with Gasteiger partial charge in [0.15, 0.2) is 0 Å². The van der Waals surface area contributed by atoms with Gasteiger partial charge in [-0.1, -0.05) is 6.92 Å². The average molecular weight is 199 g/mol. The molecule has 2 atom stereocenters. The Labute approximate surface area is 83.6 Å². The van der Waals surface area contributed by atoms with Gasteiger partial charge < -0.3 is 16.0 Å². The molecular formula is C9H17N3O2. The molecule has 1 aliphatic rings. The first-order valence-electron chi connectivity index (χ1n) is 4.92. The Morgan fingerprint density at radius 1 is 1.64 bits per heavy atom. The van der Waals surface area contributed by atoms with Crippen molar-refractivity contribution in [2.24, 2.45) is 5.73 Å². The molecule has 0 bridgehead atoms. The zero-order valence-electron chi connectivity index (χ0n) is 8.62. The van der Waals surface area contributed by atoms with E-state index in [2.05, 4.69) is 5.32 Å². The number of urea groups is 1. The van der Waals surface area contributed by atoms with Crippen LogP contribution in [-0.2, 0) is 4.79 Å². The number of likely N-dealkylation sites (tertiary alicyclic amines) is 1. The van der Waals surface area contributed by atoms with Crippen molar-refractivity contribution in [3.05, 3.63) is 0 Å². The van der Waals surface area contributed by atoms with E-state index in [1.54, 1.807) is 0 Å². The van der Waals surface area contributed by atoms with Gasteiger partial charge >= 0.3 is 6.03 Å². The van der Waals surface area contributed by atoms with Gasteiger partial charge in [-0.3, -0.25) is 4.79 Å². The Morgan fingerprint density at radius 3 is 2.64 bits per heavy atom. The van der Waals surface area contributed by atoms with Crippen molar-refractivity contribution >= 4 is 11.9 Å². The van der Waals surface area contributed by atoms with E-state index >= 15 is 0 Å². The minimum Gasteiger partial charge on any atom is -0.368 e. The van der Waals surface area contributed by atoms with Gasteiger partial charge in [-0.25, -0.2) is 4.79 Å². The second kappa shape index (κ2) is 4.30. The van der Waals surface area contributed by atoms with Gasteiger partial charge in [0.05, 0.1) is 0 Å². The number of primary amides is 1. The maximum atomic E-state index is 11.5. The lowest BCUT2D eigenvalue weighted by atomic mass is 10.0. The molecular weight excluding hydrogens is 182 g/mol. The third-order valence-electron chi connectivity index (χ3n) is 2.59. The Hall–Kier alpha value is -1.26. The molecule has 14 heavy (non-hydrogen) atoms. The van der Waals surface area contributed by atoms with Crippen LogP contribution >= 0.6 is 0 Å². The molecule has 0 aromatic carbocycles. The summed E-state index contributed by atoms with van der Waals surface area (Å²) in [5.74, 6) is -0.421. The van der Waals surface area contributed by atoms with Crippen LogP contribution < -0.4 is 11.1 Å². The van der Waals surface area contributed by atoms with Crippen LogP contribution in [0.1, 0.15) is 26.7 Å². The highest BCUT2D eigenvalue weighted by molar-refractivity contribution is 5.87. The van der Waals surface area contributed by atoms with Gasteiger partial charge in [-0.05, 0) is 19.8 Å². The number of hydrogen-bond donors (Lipinski definition) is 2. The van der Waals surface area contributed by atoms with Crippen LogP contribution in [0.15, 0.2) is 0 Å². The van der Waals surface area contributed by atoms with E-state index in [4.69, 9.17) is 5.73 Å². The summed E-state index contributed by atoms with van der Waals surface area (Å²) in [6, 6.07) is -0.454. The summed E-state index contributed by atoms with van der Waals surface area (Å²) in [5, 5.41) is 2.80. The van der Waals surface area contributed by atoms with Crippen molar-refractivity contribution in [1.82, 2.24) is 10.2 Å². The quantitative estimate of drug-likeness (QED) is 0.674. The number of nitrogens with one attached hydrogen (secondary N) is 1. The first-order valence-corrected chi connectivity index (χ1v) is 4.92. The van der Waals surface area contributed by atoms with E-state index in [9.17, 15) is 9.59 Å². The molecule has 5 nitrogen and oxygen atoms in total. The van der Waals surface area contributed by atoms with Gasteiger partial charge in [0.1, 0.15) is 6.04 Å². The first kappa shape index (κ1) is 10.8. The van der Waals surface area contributed by atoms with Gasteiger partial charge in [-0.2, -0.15) is 0 Å². The minimum atomic E-state index is -0.421. The van der Waals surface area contributed by atoms with E-state index in [0.717, 1.165) is 6.42 Å². The van der Waals surface area contributed by atoms with Crippen molar-refractivity contribution in [2.75, 3.05) is 6.54 Å². The number of hydrogen-bond acceptors (Lipinski definition) is 2. The predicted molar refractivity (Wildman–Crippen MR) is 52.6 cm³/mol. The van der Waals surface area contributed by atoms with Crippen molar-refractivity contribution in [2.45, 2.75) is 38.8 Å². The predicted octanol–water partition coefficient (Wildman–Crippen LogP) is 0.0541. The van der Waals surface area contributed by atoms with E-state index < -0.39 is 11.9 Å². The Kier molecular flexibility index (Phi) is 3.33. The number of carbonyl (C=O) groups excluding carboxylic acids is 2. The molecule has 0 saturated carbocycles. The lowest BCUT2D eigenvalue weighted by molar-refractivity contribution is -0.125. The van der Waals surface area contributed by atoms with Crippen LogP contribution in [0.4, 0.5) is 4.79 Å². The van der Waals surface area contributed by atoms with Crippen LogP contribution in [0.25, 0.3) is 0 Å². The fourth-order valence-electron chi connectivity index (χ4n) is 1.32. The van der Waals surface area contributed by atoms with Crippen LogP contribution in [0.3, 0.4) is 0 Å². The highest BCUT2D eigenvalue weighted by atomic mass is 16.2. The third kappa shape index (κ3) is 2.16. The van der Waals surface area contributed by atoms with Crippen LogP contribution in [-0.4, -0.2) is 35.5 Å². The number of rotatable bonds is 3. The van der Waals surface area contributed by atoms with E-state index in [1.807, 2.05) is 13.8 Å². The number of carbonyl (C=O) groups is 2. The molecule has 0 aromatic heterocycles. The third-order valence-corrected chi connectivity index (χ3v) is 2.59. The molecule has 1 heterocycles. The Morgan fingerprint density at radius 2 is 2.29 bits per heavy atom. The van der Waals surface area contributed by atoms with Crippen LogP contribution in [0.5, 0.6) is 0 Å². The maximum Gasteiger partial charge on any atom is 0.318 e. The monoisotopic (exact) mass is 199 g/mol. The van der Waals surface area contributed by atoms with Crippen molar-refractivity contribution < 1.29 is 9.59 Å². The second-order valence-corrected chi connectivity index (χ2v) is 3.66. The number of amides is 3. The Bertz CT molecular complexity index is 242. The van der Waals surface area contributed by atoms with E-state index in [-0.39, 0.29) is 12.1 Å². The summed E-state index contributed by atoms with van der Waals surface area (Å²) < 4.78 is 0. The molecule has 3 N–H and O–H groups in total. The molecule has 3 amide bonds. The smallest absolute Gasteiger partial charge is 0.318 e. The summed E-state index contributed by atoms with van der Waals surface area (Å²) in [4.78, 5) is 23.8. The zero-order chi connectivity index (χ0) is 10.7. The SMILES string of the molecule is CCC(C)NC(=O)N1CCC1C(N)=O. The summed E-state index contributed by atoms with van der Waals surface area (Å²) in [6.07, 6.45) is 1.56. The molecule has 0 aromatic rings. The van der Waals surface area contributed by atoms with E-state index in [1.165, 1.54) is 4.90 Å². The summed E-state index contributed by atoms with van der Waals surface area (Å²) in [6.45, 7) is 4.54. The standard InChI is InChI=1S/C9H17N3O2/c1-3-6(2)11-9(14)12-5-4-7(12)8(10)13/h6-7H,3-5H2,1-2H3,(H2,10,13)(H,11,14). The lowest BCUT2D eigenvalue weighted by Crippen LogP contribution is -2.60. The van der Waals surface area contributed by atoms with Crippen molar-refractivity contribution in [3.63, 3.8) is 0 Å². The average Bonchev–Trinajstić information content (AvgIpc) is 2.00. The topological polar surface area (TPSA) is 75.4 Å². The van der Waals surface area contributed by atoms with E-state index in [0.29, 0.717) is 13.0 Å². The molecule has 1 rings (SSSR count). The maximum absolute atomic E-state index is 11.5. The molecule has 0 aliphatic carbocycles. The summed E-state index contributed by atoms with van der Waals surface area (Å²) >= 11 is 0. The Balaban J connectivity index is 2.42. The highest BCUT2D eigenvalue weighted by Crippen LogP contribution is 2.16. The fourth-order valence-corrected chi connectivity index (χ4v) is 1.32. The molecule has 2 unspecified atom stereocenters. The van der Waals surface area contributed by atoms with Gasteiger partial charge in [-0.15, -0.1) is 0 Å². The molecule has 80 valence electrons. The van der Waals surface area contributed by atoms with Gasteiger partial charge in [0.2, 0.25) is 5.91 Å². The molecule has 5 heteroatoms.